The van der Waals surface area contributed by atoms with Crippen molar-refractivity contribution in [3.8, 4) is 0 Å². The van der Waals surface area contributed by atoms with Crippen LogP contribution in [0.3, 0.4) is 0 Å². The Morgan fingerprint density at radius 1 is 1.20 bits per heavy atom. The van der Waals surface area contributed by atoms with Gasteiger partial charge in [0.2, 0.25) is 11.2 Å². The lowest BCUT2D eigenvalue weighted by Gasteiger charge is -2.32. The summed E-state index contributed by atoms with van der Waals surface area (Å²) in [5.41, 5.74) is 2.63. The van der Waals surface area contributed by atoms with Crippen LogP contribution < -0.4 is 10.2 Å². The van der Waals surface area contributed by atoms with Gasteiger partial charge in [-0.05, 0) is 63.1 Å². The molecule has 158 valence electrons. The summed E-state index contributed by atoms with van der Waals surface area (Å²) >= 11 is 11.9. The largest absolute Gasteiger partial charge is 0.349 e. The molecule has 1 unspecified atom stereocenters. The Morgan fingerprint density at radius 3 is 2.67 bits per heavy atom. The molecule has 1 N–H and O–H groups in total. The van der Waals surface area contributed by atoms with Crippen molar-refractivity contribution in [3.63, 3.8) is 0 Å². The first kappa shape index (κ1) is 21.0. The van der Waals surface area contributed by atoms with E-state index in [4.69, 9.17) is 23.2 Å². The maximum absolute atomic E-state index is 12.7. The quantitative estimate of drug-likeness (QED) is 0.717. The van der Waals surface area contributed by atoms with Crippen LogP contribution in [0.25, 0.3) is 0 Å². The van der Waals surface area contributed by atoms with Crippen molar-refractivity contribution in [3.05, 3.63) is 45.7 Å². The highest BCUT2D eigenvalue weighted by Crippen LogP contribution is 2.37. The molecule has 0 radical (unpaired) electrons. The fraction of sp³-hybridized carbons (Fsp3) is 0.476. The number of hydrogen-bond acceptors (Lipinski definition) is 5. The lowest BCUT2D eigenvalue weighted by atomic mass is 9.85. The van der Waals surface area contributed by atoms with Gasteiger partial charge in [0.1, 0.15) is 0 Å². The van der Waals surface area contributed by atoms with Gasteiger partial charge in [0.25, 0.3) is 5.91 Å². The second-order valence-corrected chi connectivity index (χ2v) is 8.83. The third kappa shape index (κ3) is 4.14. The van der Waals surface area contributed by atoms with Crippen LogP contribution in [-0.4, -0.2) is 39.4 Å². The highest BCUT2D eigenvalue weighted by molar-refractivity contribution is 6.30. The van der Waals surface area contributed by atoms with Crippen LogP contribution in [0.5, 0.6) is 0 Å². The number of anilines is 1. The van der Waals surface area contributed by atoms with Gasteiger partial charge in [-0.1, -0.05) is 11.6 Å². The second-order valence-electron chi connectivity index (χ2n) is 8.06. The fourth-order valence-electron chi connectivity index (χ4n) is 4.30. The minimum absolute atomic E-state index is 0.0425. The number of aromatic nitrogens is 3. The Hall–Kier alpha value is -2.25. The Bertz CT molecular complexity index is 991. The van der Waals surface area contributed by atoms with Crippen molar-refractivity contribution in [1.82, 2.24) is 20.3 Å². The summed E-state index contributed by atoms with van der Waals surface area (Å²) in [4.78, 5) is 39.6. The summed E-state index contributed by atoms with van der Waals surface area (Å²) in [6, 6.07) is 1.76. The highest BCUT2D eigenvalue weighted by Gasteiger charge is 2.38. The molecule has 1 fully saturated rings. The molecule has 1 aliphatic carbocycles. The fourth-order valence-corrected chi connectivity index (χ4v) is 4.60. The molecule has 1 aliphatic heterocycles. The van der Waals surface area contributed by atoms with Crippen molar-refractivity contribution in [2.45, 2.75) is 51.5 Å². The van der Waals surface area contributed by atoms with Gasteiger partial charge in [0, 0.05) is 18.8 Å². The van der Waals surface area contributed by atoms with E-state index in [0.29, 0.717) is 34.4 Å². The molecule has 2 amide bonds. The van der Waals surface area contributed by atoms with Crippen LogP contribution in [0, 0.1) is 12.8 Å². The smallest absolute Gasteiger partial charge is 0.253 e. The first-order valence-electron chi connectivity index (χ1n) is 10.1. The van der Waals surface area contributed by atoms with Crippen molar-refractivity contribution in [2.75, 3.05) is 11.4 Å². The lowest BCUT2D eigenvalue weighted by Crippen LogP contribution is -2.40. The van der Waals surface area contributed by atoms with Crippen molar-refractivity contribution >= 4 is 40.7 Å². The van der Waals surface area contributed by atoms with E-state index < -0.39 is 0 Å². The monoisotopic (exact) mass is 447 g/mol. The Balaban J connectivity index is 1.35. The van der Waals surface area contributed by atoms with Gasteiger partial charge in [-0.3, -0.25) is 14.6 Å². The van der Waals surface area contributed by atoms with Crippen molar-refractivity contribution in [2.24, 2.45) is 5.92 Å². The van der Waals surface area contributed by atoms with E-state index in [9.17, 15) is 9.59 Å². The molecular weight excluding hydrogens is 425 g/mol. The maximum atomic E-state index is 12.7. The number of halogens is 2. The third-order valence-electron chi connectivity index (χ3n) is 6.03. The molecule has 3 heterocycles. The van der Waals surface area contributed by atoms with Gasteiger partial charge in [-0.15, -0.1) is 0 Å². The van der Waals surface area contributed by atoms with Crippen LogP contribution in [0.1, 0.15) is 60.3 Å². The highest BCUT2D eigenvalue weighted by atomic mass is 35.5. The number of aryl methyl sites for hydroxylation is 1. The predicted octanol–water partition coefficient (Wildman–Crippen LogP) is 3.93. The number of fused-ring (bicyclic) bond motifs is 1. The molecule has 2 aromatic rings. The number of hydrogen-bond donors (Lipinski definition) is 1. The molecule has 30 heavy (non-hydrogen) atoms. The van der Waals surface area contributed by atoms with E-state index in [2.05, 4.69) is 20.3 Å². The summed E-state index contributed by atoms with van der Waals surface area (Å²) in [5.74, 6) is -0.0328. The molecule has 7 nitrogen and oxygen atoms in total. The Kier molecular flexibility index (Phi) is 5.93. The van der Waals surface area contributed by atoms with Crippen LogP contribution >= 0.6 is 23.2 Å². The van der Waals surface area contributed by atoms with E-state index in [1.54, 1.807) is 24.1 Å². The van der Waals surface area contributed by atoms with E-state index in [-0.39, 0.29) is 29.1 Å². The van der Waals surface area contributed by atoms with Gasteiger partial charge in [0.05, 0.1) is 39.8 Å². The first-order chi connectivity index (χ1) is 14.3. The van der Waals surface area contributed by atoms with Gasteiger partial charge in [-0.25, -0.2) is 9.97 Å². The van der Waals surface area contributed by atoms with Gasteiger partial charge in [0.15, 0.2) is 0 Å². The SMILES string of the molecule is Cc1ncc(Cl)cc1C(=O)NC1CCC(CN2C(=O)C(C)c3nc(Cl)ncc32)CC1. The molecule has 4 rings (SSSR count). The average Bonchev–Trinajstić information content (AvgIpc) is 2.95. The summed E-state index contributed by atoms with van der Waals surface area (Å²) in [7, 11) is 0. The van der Waals surface area contributed by atoms with Crippen molar-refractivity contribution < 1.29 is 9.59 Å². The molecule has 0 spiro atoms. The minimum Gasteiger partial charge on any atom is -0.349 e. The summed E-state index contributed by atoms with van der Waals surface area (Å²) in [5, 5.41) is 3.71. The van der Waals surface area contributed by atoms with E-state index in [0.717, 1.165) is 31.4 Å². The Labute approximate surface area is 185 Å². The summed E-state index contributed by atoms with van der Waals surface area (Å²) in [6.07, 6.45) is 6.77. The molecule has 9 heteroatoms. The number of nitrogens with zero attached hydrogens (tertiary/aromatic N) is 4. The average molecular weight is 448 g/mol. The third-order valence-corrected chi connectivity index (χ3v) is 6.42. The van der Waals surface area contributed by atoms with Crippen LogP contribution in [-0.2, 0) is 4.79 Å². The molecule has 1 atom stereocenters. The van der Waals surface area contributed by atoms with Crippen molar-refractivity contribution in [1.29, 1.82) is 0 Å². The van der Waals surface area contributed by atoms with Gasteiger partial charge >= 0.3 is 0 Å². The second kappa shape index (κ2) is 8.47. The number of amides is 2. The van der Waals surface area contributed by atoms with E-state index in [1.807, 2.05) is 6.92 Å². The van der Waals surface area contributed by atoms with Crippen LogP contribution in [0.15, 0.2) is 18.5 Å². The molecule has 0 saturated heterocycles. The summed E-state index contributed by atoms with van der Waals surface area (Å²) in [6.45, 7) is 4.29. The van der Waals surface area contributed by atoms with Crippen LogP contribution in [0.4, 0.5) is 5.69 Å². The zero-order chi connectivity index (χ0) is 21.4. The zero-order valence-electron chi connectivity index (χ0n) is 16.9. The molecule has 0 aromatic carbocycles. The normalized spacial score (nSPS) is 23.4. The zero-order valence-corrected chi connectivity index (χ0v) is 18.4. The van der Waals surface area contributed by atoms with E-state index in [1.165, 1.54) is 6.20 Å². The number of nitrogens with one attached hydrogen (secondary N) is 1. The molecule has 0 bridgehead atoms. The first-order valence-corrected chi connectivity index (χ1v) is 10.9. The molecule has 2 aliphatic rings. The predicted molar refractivity (Wildman–Crippen MR) is 115 cm³/mol. The number of carbonyl (C=O) groups excluding carboxylic acids is 2. The standard InChI is InChI=1S/C21H23Cl2N5O2/c1-11-18-17(9-25-21(23)27-18)28(20(11)30)10-13-3-5-15(6-4-13)26-19(29)16-7-14(22)8-24-12(16)2/h7-9,11,13,15H,3-6,10H2,1-2H3,(H,26,29). The Morgan fingerprint density at radius 2 is 1.93 bits per heavy atom. The number of carbonyl (C=O) groups is 2. The van der Waals surface area contributed by atoms with E-state index >= 15 is 0 Å². The van der Waals surface area contributed by atoms with Gasteiger partial charge < -0.3 is 10.2 Å². The topological polar surface area (TPSA) is 88.1 Å². The number of rotatable bonds is 4. The van der Waals surface area contributed by atoms with Crippen LogP contribution in [0.2, 0.25) is 10.3 Å². The minimum atomic E-state index is -0.300. The molecule has 2 aromatic heterocycles. The molecular formula is C21H23Cl2N5O2. The maximum Gasteiger partial charge on any atom is 0.253 e. The lowest BCUT2D eigenvalue weighted by molar-refractivity contribution is -0.119. The molecule has 1 saturated carbocycles. The number of pyridine rings is 1. The van der Waals surface area contributed by atoms with Gasteiger partial charge in [-0.2, -0.15) is 0 Å². The summed E-state index contributed by atoms with van der Waals surface area (Å²) < 4.78 is 0.